The number of hydrogen-bond donors (Lipinski definition) is 2. The van der Waals surface area contributed by atoms with E-state index in [1.165, 1.54) is 29.2 Å². The predicted octanol–water partition coefficient (Wildman–Crippen LogP) is 4.43. The summed E-state index contributed by atoms with van der Waals surface area (Å²) in [6, 6.07) is 12.1. The van der Waals surface area contributed by atoms with Crippen LogP contribution in [-0.4, -0.2) is 21.8 Å². The molecule has 2 N–H and O–H groups in total. The van der Waals surface area contributed by atoms with Gasteiger partial charge in [-0.1, -0.05) is 32.0 Å². The maximum atomic E-state index is 13.4. The Kier molecular flexibility index (Phi) is 4.26. The van der Waals surface area contributed by atoms with Gasteiger partial charge in [-0.2, -0.15) is 0 Å². The van der Waals surface area contributed by atoms with E-state index in [1.807, 2.05) is 24.3 Å². The number of ketones is 1. The van der Waals surface area contributed by atoms with Crippen molar-refractivity contribution in [2.24, 2.45) is 5.92 Å². The number of fused-ring (bicyclic) bond motifs is 1. The largest absolute Gasteiger partial charge is 0.503 e. The molecular formula is C22H19FN2O3. The molecule has 1 unspecified atom stereocenters. The first-order chi connectivity index (χ1) is 13.4. The van der Waals surface area contributed by atoms with E-state index in [1.54, 1.807) is 20.0 Å². The van der Waals surface area contributed by atoms with Crippen LogP contribution in [0.1, 0.15) is 25.5 Å². The van der Waals surface area contributed by atoms with Gasteiger partial charge in [0, 0.05) is 34.3 Å². The number of benzene rings is 2. The van der Waals surface area contributed by atoms with Crippen molar-refractivity contribution in [3.8, 4) is 0 Å². The number of H-pyrrole nitrogens is 1. The molecule has 5 nitrogen and oxygen atoms in total. The number of anilines is 1. The lowest BCUT2D eigenvalue weighted by atomic mass is 9.91. The van der Waals surface area contributed by atoms with E-state index >= 15 is 0 Å². The predicted molar refractivity (Wildman–Crippen MR) is 104 cm³/mol. The number of nitrogens with one attached hydrogen (secondary N) is 1. The van der Waals surface area contributed by atoms with Gasteiger partial charge in [-0.25, -0.2) is 4.39 Å². The van der Waals surface area contributed by atoms with Gasteiger partial charge in [0.2, 0.25) is 0 Å². The summed E-state index contributed by atoms with van der Waals surface area (Å²) in [5, 5.41) is 11.4. The van der Waals surface area contributed by atoms with Crippen LogP contribution in [0.25, 0.3) is 10.9 Å². The second-order valence-electron chi connectivity index (χ2n) is 7.12. The molecule has 3 aromatic rings. The number of aliphatic hydroxyl groups excluding tert-OH is 1. The number of carbonyl (C=O) groups excluding carboxylic acids is 2. The molecule has 28 heavy (non-hydrogen) atoms. The third-order valence-electron chi connectivity index (χ3n) is 5.02. The molecule has 1 aliphatic heterocycles. The van der Waals surface area contributed by atoms with Crippen LogP contribution in [0.4, 0.5) is 10.1 Å². The molecule has 0 saturated heterocycles. The van der Waals surface area contributed by atoms with Gasteiger partial charge in [0.15, 0.2) is 11.5 Å². The zero-order valence-electron chi connectivity index (χ0n) is 15.4. The van der Waals surface area contributed by atoms with E-state index in [2.05, 4.69) is 4.98 Å². The molecule has 0 bridgehead atoms. The van der Waals surface area contributed by atoms with Gasteiger partial charge in [0.05, 0.1) is 11.6 Å². The molecule has 1 amide bonds. The van der Waals surface area contributed by atoms with Crippen molar-refractivity contribution in [2.75, 3.05) is 4.90 Å². The fraction of sp³-hybridized carbons (Fsp3) is 0.182. The van der Waals surface area contributed by atoms with Crippen LogP contribution in [0.15, 0.2) is 66.1 Å². The summed E-state index contributed by atoms with van der Waals surface area (Å²) in [4.78, 5) is 30.3. The number of para-hydroxylation sites is 1. The first-order valence-corrected chi connectivity index (χ1v) is 9.02. The average Bonchev–Trinajstić information content (AvgIpc) is 3.21. The molecule has 2 aromatic carbocycles. The lowest BCUT2D eigenvalue weighted by Crippen LogP contribution is -2.31. The Hall–Kier alpha value is -3.41. The van der Waals surface area contributed by atoms with E-state index in [0.717, 1.165) is 10.9 Å². The number of hydrogen-bond acceptors (Lipinski definition) is 3. The molecule has 0 aliphatic carbocycles. The fourth-order valence-corrected chi connectivity index (χ4v) is 3.65. The Morgan fingerprint density at radius 1 is 1.14 bits per heavy atom. The van der Waals surface area contributed by atoms with Crippen molar-refractivity contribution >= 4 is 28.3 Å². The van der Waals surface area contributed by atoms with Crippen molar-refractivity contribution in [3.05, 3.63) is 77.4 Å². The van der Waals surface area contributed by atoms with Crippen LogP contribution < -0.4 is 4.90 Å². The Balaban J connectivity index is 1.95. The van der Waals surface area contributed by atoms with Gasteiger partial charge in [-0.3, -0.25) is 14.5 Å². The minimum absolute atomic E-state index is 0.0640. The Labute approximate surface area is 161 Å². The highest BCUT2D eigenvalue weighted by atomic mass is 19.1. The number of aromatic amines is 1. The number of rotatable bonds is 4. The van der Waals surface area contributed by atoms with Crippen molar-refractivity contribution in [1.82, 2.24) is 4.98 Å². The Bertz CT molecular complexity index is 1110. The van der Waals surface area contributed by atoms with Gasteiger partial charge < -0.3 is 10.1 Å². The highest BCUT2D eigenvalue weighted by molar-refractivity contribution is 6.17. The first-order valence-electron chi connectivity index (χ1n) is 9.02. The summed E-state index contributed by atoms with van der Waals surface area (Å²) in [5.41, 5.74) is 2.02. The van der Waals surface area contributed by atoms with Crippen LogP contribution in [0.2, 0.25) is 0 Å². The second-order valence-corrected chi connectivity index (χ2v) is 7.12. The molecule has 6 heteroatoms. The highest BCUT2D eigenvalue weighted by Crippen LogP contribution is 2.43. The number of Topliss-reactive ketones (excluding diaryl/α,β-unsaturated/α-hetero) is 1. The number of halogens is 1. The summed E-state index contributed by atoms with van der Waals surface area (Å²) < 4.78 is 13.4. The standard InChI is InChI=1S/C22H19FN2O3/c1-12(2)20(26)18-19(16-11-24-17-6-4-3-5-15(16)17)25(22(28)21(18)27)14-9-7-13(23)8-10-14/h3-12,19,24,27H,1-2H3. The smallest absolute Gasteiger partial charge is 0.294 e. The molecule has 142 valence electrons. The van der Waals surface area contributed by atoms with Gasteiger partial charge >= 0.3 is 0 Å². The van der Waals surface area contributed by atoms with Gasteiger partial charge in [0.1, 0.15) is 5.82 Å². The second kappa shape index (κ2) is 6.64. The van der Waals surface area contributed by atoms with Gasteiger partial charge in [-0.05, 0) is 30.3 Å². The van der Waals surface area contributed by atoms with Gasteiger partial charge in [-0.15, -0.1) is 0 Å². The number of carbonyl (C=O) groups is 2. The molecule has 0 fully saturated rings. The number of aromatic nitrogens is 1. The van der Waals surface area contributed by atoms with Crippen LogP contribution in [-0.2, 0) is 9.59 Å². The third-order valence-corrected chi connectivity index (χ3v) is 5.02. The minimum Gasteiger partial charge on any atom is -0.503 e. The SMILES string of the molecule is CC(C)C(=O)C1=C(O)C(=O)N(c2ccc(F)cc2)C1c1c[nH]c2ccccc12. The monoisotopic (exact) mass is 378 g/mol. The van der Waals surface area contributed by atoms with Crippen LogP contribution >= 0.6 is 0 Å². The molecular weight excluding hydrogens is 359 g/mol. The van der Waals surface area contributed by atoms with Crippen LogP contribution in [0.5, 0.6) is 0 Å². The van der Waals surface area contributed by atoms with Crippen LogP contribution in [0, 0.1) is 11.7 Å². The lowest BCUT2D eigenvalue weighted by molar-refractivity contribution is -0.119. The fourth-order valence-electron chi connectivity index (χ4n) is 3.65. The molecule has 0 radical (unpaired) electrons. The third kappa shape index (κ3) is 2.69. The zero-order chi connectivity index (χ0) is 20.0. The van der Waals surface area contributed by atoms with Crippen molar-refractivity contribution in [1.29, 1.82) is 0 Å². The lowest BCUT2D eigenvalue weighted by Gasteiger charge is -2.27. The Morgan fingerprint density at radius 2 is 1.82 bits per heavy atom. The van der Waals surface area contributed by atoms with E-state index in [4.69, 9.17) is 0 Å². The number of aliphatic hydroxyl groups is 1. The van der Waals surface area contributed by atoms with Crippen molar-refractivity contribution < 1.29 is 19.1 Å². The molecule has 1 aromatic heterocycles. The number of nitrogens with zero attached hydrogens (tertiary/aromatic N) is 1. The molecule has 1 atom stereocenters. The van der Waals surface area contributed by atoms with E-state index in [0.29, 0.717) is 11.3 Å². The normalized spacial score (nSPS) is 17.2. The topological polar surface area (TPSA) is 73.4 Å². The van der Waals surface area contributed by atoms with Crippen molar-refractivity contribution in [3.63, 3.8) is 0 Å². The quantitative estimate of drug-likeness (QED) is 0.705. The zero-order valence-corrected chi connectivity index (χ0v) is 15.4. The van der Waals surface area contributed by atoms with E-state index in [-0.39, 0.29) is 11.4 Å². The summed E-state index contributed by atoms with van der Waals surface area (Å²) >= 11 is 0. The maximum Gasteiger partial charge on any atom is 0.294 e. The summed E-state index contributed by atoms with van der Waals surface area (Å²) in [5.74, 6) is -2.37. The first kappa shape index (κ1) is 18.0. The Morgan fingerprint density at radius 3 is 2.50 bits per heavy atom. The van der Waals surface area contributed by atoms with E-state index in [9.17, 15) is 19.1 Å². The summed E-state index contributed by atoms with van der Waals surface area (Å²) in [7, 11) is 0. The van der Waals surface area contributed by atoms with Crippen LogP contribution in [0.3, 0.4) is 0 Å². The summed E-state index contributed by atoms with van der Waals surface area (Å²) in [6.45, 7) is 3.44. The molecule has 0 saturated carbocycles. The summed E-state index contributed by atoms with van der Waals surface area (Å²) in [6.07, 6.45) is 1.74. The minimum atomic E-state index is -0.802. The van der Waals surface area contributed by atoms with E-state index < -0.39 is 29.4 Å². The maximum absolute atomic E-state index is 13.4. The molecule has 4 rings (SSSR count). The average molecular weight is 378 g/mol. The molecule has 0 spiro atoms. The van der Waals surface area contributed by atoms with Gasteiger partial charge in [0.25, 0.3) is 5.91 Å². The molecule has 1 aliphatic rings. The van der Waals surface area contributed by atoms with Crippen molar-refractivity contribution in [2.45, 2.75) is 19.9 Å². The number of amides is 1. The highest BCUT2D eigenvalue weighted by Gasteiger charge is 2.45. The molecule has 2 heterocycles.